The quantitative estimate of drug-likeness (QED) is 0.781. The number of likely N-dealkylation sites (tertiary alicyclic amines) is 1. The van der Waals surface area contributed by atoms with Crippen molar-refractivity contribution < 1.29 is 4.79 Å². The molecule has 2 atom stereocenters. The maximum Gasteiger partial charge on any atom is 0.256 e. The number of aromatic nitrogens is 3. The van der Waals surface area contributed by atoms with Crippen LogP contribution < -0.4 is 10.5 Å². The molecule has 0 bridgehead atoms. The Morgan fingerprint density at radius 3 is 2.50 bits per heavy atom. The van der Waals surface area contributed by atoms with Gasteiger partial charge in [0.2, 0.25) is 5.91 Å². The number of anilines is 1. The number of fused-ring (bicyclic) bond motifs is 1. The van der Waals surface area contributed by atoms with Gasteiger partial charge in [-0.25, -0.2) is 9.97 Å². The lowest BCUT2D eigenvalue weighted by Gasteiger charge is -2.22. The smallest absolute Gasteiger partial charge is 0.256 e. The second-order valence-electron chi connectivity index (χ2n) is 7.63. The lowest BCUT2D eigenvalue weighted by atomic mass is 10.0. The summed E-state index contributed by atoms with van der Waals surface area (Å²) < 4.78 is 1.39. The van der Waals surface area contributed by atoms with Gasteiger partial charge in [0.25, 0.3) is 5.56 Å². The monoisotopic (exact) mass is 378 g/mol. The zero-order valence-corrected chi connectivity index (χ0v) is 16.0. The molecule has 0 N–H and O–H groups in total. The van der Waals surface area contributed by atoms with Gasteiger partial charge >= 0.3 is 0 Å². The summed E-state index contributed by atoms with van der Waals surface area (Å²) in [6.07, 6.45) is 3.05. The van der Waals surface area contributed by atoms with Gasteiger partial charge in [-0.3, -0.25) is 14.2 Å². The van der Waals surface area contributed by atoms with Crippen LogP contribution in [0.1, 0.15) is 16.8 Å². The SMILES string of the molecule is Cc1ncn(CC(=O)N2CC3CN(c4ccc(C#N)cn4)CC3C2)c(=O)c1C. The minimum atomic E-state index is -0.154. The Labute approximate surface area is 163 Å². The molecule has 28 heavy (non-hydrogen) atoms. The second-order valence-corrected chi connectivity index (χ2v) is 7.63. The number of nitrogens with zero attached hydrogens (tertiary/aromatic N) is 6. The summed E-state index contributed by atoms with van der Waals surface area (Å²) in [6.45, 7) is 6.65. The molecule has 2 fully saturated rings. The zero-order chi connectivity index (χ0) is 19.8. The van der Waals surface area contributed by atoms with Gasteiger partial charge in [-0.1, -0.05) is 0 Å². The molecule has 2 aromatic rings. The van der Waals surface area contributed by atoms with Crippen LogP contribution in [0.15, 0.2) is 29.5 Å². The van der Waals surface area contributed by atoms with E-state index < -0.39 is 0 Å². The molecule has 8 heteroatoms. The van der Waals surface area contributed by atoms with Crippen LogP contribution in [0.2, 0.25) is 0 Å². The van der Waals surface area contributed by atoms with Crippen molar-refractivity contribution in [2.45, 2.75) is 20.4 Å². The average molecular weight is 378 g/mol. The second kappa shape index (κ2) is 7.08. The normalized spacial score (nSPS) is 20.9. The van der Waals surface area contributed by atoms with Crippen LogP contribution in [0, 0.1) is 37.0 Å². The molecule has 4 rings (SSSR count). The lowest BCUT2D eigenvalue weighted by molar-refractivity contribution is -0.131. The van der Waals surface area contributed by atoms with E-state index >= 15 is 0 Å². The van der Waals surface area contributed by atoms with Gasteiger partial charge in [0.05, 0.1) is 11.9 Å². The maximum atomic E-state index is 12.7. The first-order valence-electron chi connectivity index (χ1n) is 9.37. The molecule has 2 unspecified atom stereocenters. The molecule has 2 aliphatic heterocycles. The maximum absolute atomic E-state index is 12.7. The van der Waals surface area contributed by atoms with Crippen LogP contribution in [0.4, 0.5) is 5.82 Å². The third-order valence-electron chi connectivity index (χ3n) is 5.86. The van der Waals surface area contributed by atoms with E-state index in [1.165, 1.54) is 10.9 Å². The van der Waals surface area contributed by atoms with Crippen molar-refractivity contribution in [3.05, 3.63) is 51.8 Å². The van der Waals surface area contributed by atoms with Gasteiger partial charge in [0.15, 0.2) is 0 Å². The van der Waals surface area contributed by atoms with E-state index in [0.29, 0.717) is 41.7 Å². The van der Waals surface area contributed by atoms with Crippen molar-refractivity contribution in [1.82, 2.24) is 19.4 Å². The van der Waals surface area contributed by atoms with Crippen molar-refractivity contribution in [3.8, 4) is 6.07 Å². The first-order valence-corrected chi connectivity index (χ1v) is 9.37. The van der Waals surface area contributed by atoms with Crippen molar-refractivity contribution >= 4 is 11.7 Å². The van der Waals surface area contributed by atoms with Gasteiger partial charge in [-0.15, -0.1) is 0 Å². The first-order chi connectivity index (χ1) is 13.5. The van der Waals surface area contributed by atoms with Crippen LogP contribution in [0.5, 0.6) is 0 Å². The number of carbonyl (C=O) groups is 1. The van der Waals surface area contributed by atoms with Gasteiger partial charge in [0.1, 0.15) is 18.4 Å². The molecule has 0 saturated carbocycles. The van der Waals surface area contributed by atoms with E-state index in [1.54, 1.807) is 26.1 Å². The highest BCUT2D eigenvalue weighted by Crippen LogP contribution is 2.33. The minimum absolute atomic E-state index is 0.0350. The predicted molar refractivity (Wildman–Crippen MR) is 103 cm³/mol. The molecule has 0 radical (unpaired) electrons. The molecule has 8 nitrogen and oxygen atoms in total. The predicted octanol–water partition coefficient (Wildman–Crippen LogP) is 0.722. The molecule has 0 aromatic carbocycles. The van der Waals surface area contributed by atoms with Crippen LogP contribution in [-0.2, 0) is 11.3 Å². The molecule has 0 aliphatic carbocycles. The van der Waals surface area contributed by atoms with Crippen molar-refractivity contribution in [1.29, 1.82) is 5.26 Å². The summed E-state index contributed by atoms with van der Waals surface area (Å²) >= 11 is 0. The largest absolute Gasteiger partial charge is 0.356 e. The standard InChI is InChI=1S/C20H22N6O2/c1-13-14(2)23-12-26(20(13)28)11-19(27)25-9-16-7-24(8-17(16)10-25)18-4-3-15(5-21)6-22-18/h3-4,6,12,16-17H,7-11H2,1-2H3. The number of amides is 1. The van der Waals surface area contributed by atoms with E-state index in [9.17, 15) is 9.59 Å². The Kier molecular flexibility index (Phi) is 4.59. The Morgan fingerprint density at radius 2 is 1.89 bits per heavy atom. The fourth-order valence-corrected chi connectivity index (χ4v) is 4.06. The topological polar surface area (TPSA) is 95.1 Å². The number of pyridine rings is 1. The van der Waals surface area contributed by atoms with E-state index in [0.717, 1.165) is 18.9 Å². The van der Waals surface area contributed by atoms with Gasteiger partial charge in [0, 0.05) is 55.5 Å². The average Bonchev–Trinajstić information content (AvgIpc) is 3.28. The number of nitriles is 1. The van der Waals surface area contributed by atoms with Crippen LogP contribution in [0.25, 0.3) is 0 Å². The molecule has 2 aromatic heterocycles. The van der Waals surface area contributed by atoms with Gasteiger partial charge in [-0.2, -0.15) is 5.26 Å². The highest BCUT2D eigenvalue weighted by atomic mass is 16.2. The first kappa shape index (κ1) is 18.2. The molecule has 2 aliphatic rings. The van der Waals surface area contributed by atoms with Crippen LogP contribution >= 0.6 is 0 Å². The molecule has 0 spiro atoms. The van der Waals surface area contributed by atoms with Crippen LogP contribution in [-0.4, -0.2) is 51.5 Å². The Hall–Kier alpha value is -3.21. The summed E-state index contributed by atoms with van der Waals surface area (Å²) in [4.78, 5) is 37.6. The molecular weight excluding hydrogens is 356 g/mol. The van der Waals surface area contributed by atoms with E-state index in [4.69, 9.17) is 5.26 Å². The number of aryl methyl sites for hydroxylation is 1. The molecule has 1 amide bonds. The highest BCUT2D eigenvalue weighted by molar-refractivity contribution is 5.76. The Bertz CT molecular complexity index is 993. The molecule has 4 heterocycles. The Morgan fingerprint density at radius 1 is 1.18 bits per heavy atom. The number of rotatable bonds is 3. The van der Waals surface area contributed by atoms with Crippen molar-refractivity contribution in [2.24, 2.45) is 11.8 Å². The van der Waals surface area contributed by atoms with Crippen molar-refractivity contribution in [3.63, 3.8) is 0 Å². The van der Waals surface area contributed by atoms with Crippen molar-refractivity contribution in [2.75, 3.05) is 31.1 Å². The summed E-state index contributed by atoms with van der Waals surface area (Å²) in [7, 11) is 0. The van der Waals surface area contributed by atoms with Crippen LogP contribution in [0.3, 0.4) is 0 Å². The van der Waals surface area contributed by atoms with E-state index in [-0.39, 0.29) is 18.0 Å². The Balaban J connectivity index is 1.38. The molecular formula is C20H22N6O2. The number of hydrogen-bond donors (Lipinski definition) is 0. The van der Waals surface area contributed by atoms with Gasteiger partial charge in [-0.05, 0) is 26.0 Å². The minimum Gasteiger partial charge on any atom is -0.356 e. The fourth-order valence-electron chi connectivity index (χ4n) is 4.06. The van der Waals surface area contributed by atoms with E-state index in [1.807, 2.05) is 11.0 Å². The summed E-state index contributed by atoms with van der Waals surface area (Å²) in [5.41, 5.74) is 1.68. The third kappa shape index (κ3) is 3.24. The third-order valence-corrected chi connectivity index (χ3v) is 5.86. The number of carbonyl (C=O) groups excluding carboxylic acids is 1. The number of hydrogen-bond acceptors (Lipinski definition) is 6. The van der Waals surface area contributed by atoms with Gasteiger partial charge < -0.3 is 9.80 Å². The zero-order valence-electron chi connectivity index (χ0n) is 16.0. The molecule has 144 valence electrons. The summed E-state index contributed by atoms with van der Waals surface area (Å²) in [5, 5.41) is 8.89. The highest BCUT2D eigenvalue weighted by Gasteiger charge is 2.41. The van der Waals surface area contributed by atoms with E-state index in [2.05, 4.69) is 20.9 Å². The summed E-state index contributed by atoms with van der Waals surface area (Å²) in [5.74, 6) is 1.63. The summed E-state index contributed by atoms with van der Waals surface area (Å²) in [6, 6.07) is 5.74. The molecule has 2 saturated heterocycles. The fraction of sp³-hybridized carbons (Fsp3) is 0.450. The lowest BCUT2D eigenvalue weighted by Crippen LogP contribution is -2.38.